The van der Waals surface area contributed by atoms with E-state index in [-0.39, 0.29) is 0 Å². The van der Waals surface area contributed by atoms with E-state index >= 15 is 0 Å². The van der Waals surface area contributed by atoms with Crippen LogP contribution in [0.2, 0.25) is 5.22 Å². The summed E-state index contributed by atoms with van der Waals surface area (Å²) in [5.41, 5.74) is 1.29. The summed E-state index contributed by atoms with van der Waals surface area (Å²) in [6.45, 7) is 2.27. The third-order valence-electron chi connectivity index (χ3n) is 3.20. The second-order valence-electron chi connectivity index (χ2n) is 4.54. The lowest BCUT2D eigenvalue weighted by Crippen LogP contribution is -2.25. The smallest absolute Gasteiger partial charge is 0.193 e. The standard InChI is InChI=1S/C11H14ClNO/c1-6-4-7-5-9(12)14-11(7)10(6)13-8-2-3-8/h5-6,8,10,13H,2-4H2,1H3. The van der Waals surface area contributed by atoms with Crippen LogP contribution in [0, 0.1) is 5.92 Å². The van der Waals surface area contributed by atoms with Gasteiger partial charge < -0.3 is 9.73 Å². The zero-order valence-corrected chi connectivity index (χ0v) is 8.97. The monoisotopic (exact) mass is 211 g/mol. The van der Waals surface area contributed by atoms with E-state index in [1.165, 1.54) is 18.4 Å². The molecule has 2 nitrogen and oxygen atoms in total. The zero-order valence-electron chi connectivity index (χ0n) is 8.22. The van der Waals surface area contributed by atoms with E-state index in [0.717, 1.165) is 18.2 Å². The van der Waals surface area contributed by atoms with Crippen LogP contribution in [0.15, 0.2) is 10.5 Å². The maximum absolute atomic E-state index is 5.85. The molecule has 1 heterocycles. The fourth-order valence-electron chi connectivity index (χ4n) is 2.30. The molecular weight excluding hydrogens is 198 g/mol. The van der Waals surface area contributed by atoms with Crippen LogP contribution in [-0.2, 0) is 6.42 Å². The molecule has 1 aromatic heterocycles. The number of nitrogens with one attached hydrogen (secondary N) is 1. The van der Waals surface area contributed by atoms with Gasteiger partial charge in [0.15, 0.2) is 5.22 Å². The van der Waals surface area contributed by atoms with Crippen LogP contribution >= 0.6 is 11.6 Å². The molecular formula is C11H14ClNO. The molecule has 3 rings (SSSR count). The molecule has 1 fully saturated rings. The molecule has 1 aromatic rings. The summed E-state index contributed by atoms with van der Waals surface area (Å²) >= 11 is 5.85. The SMILES string of the molecule is CC1Cc2cc(Cl)oc2C1NC1CC1. The van der Waals surface area contributed by atoms with Crippen LogP contribution in [0.3, 0.4) is 0 Å². The van der Waals surface area contributed by atoms with Crippen molar-refractivity contribution in [2.75, 3.05) is 0 Å². The molecule has 2 atom stereocenters. The Bertz CT molecular complexity index is 356. The minimum Gasteiger partial charge on any atom is -0.448 e. The zero-order chi connectivity index (χ0) is 9.71. The Kier molecular flexibility index (Phi) is 1.89. The second-order valence-corrected chi connectivity index (χ2v) is 4.91. The van der Waals surface area contributed by atoms with Gasteiger partial charge in [-0.15, -0.1) is 0 Å². The van der Waals surface area contributed by atoms with Crippen molar-refractivity contribution < 1.29 is 4.42 Å². The fraction of sp³-hybridized carbons (Fsp3) is 0.636. The van der Waals surface area contributed by atoms with Crippen molar-refractivity contribution in [3.05, 3.63) is 22.6 Å². The molecule has 3 heteroatoms. The molecule has 2 unspecified atom stereocenters. The minimum absolute atomic E-state index is 0.394. The highest BCUT2D eigenvalue weighted by atomic mass is 35.5. The number of halogens is 1. The van der Waals surface area contributed by atoms with Gasteiger partial charge in [-0.1, -0.05) is 6.92 Å². The first-order valence-electron chi connectivity index (χ1n) is 5.28. The van der Waals surface area contributed by atoms with Gasteiger partial charge in [-0.3, -0.25) is 0 Å². The van der Waals surface area contributed by atoms with Crippen molar-refractivity contribution in [2.24, 2.45) is 5.92 Å². The van der Waals surface area contributed by atoms with Gasteiger partial charge in [-0.05, 0) is 48.4 Å². The van der Waals surface area contributed by atoms with Crippen LogP contribution in [-0.4, -0.2) is 6.04 Å². The molecule has 0 bridgehead atoms. The van der Waals surface area contributed by atoms with E-state index in [1.54, 1.807) is 0 Å². The highest BCUT2D eigenvalue weighted by Crippen LogP contribution is 2.40. The molecule has 1 N–H and O–H groups in total. The Morgan fingerprint density at radius 2 is 2.29 bits per heavy atom. The van der Waals surface area contributed by atoms with Crippen molar-refractivity contribution >= 4 is 11.6 Å². The average molecular weight is 212 g/mol. The summed E-state index contributed by atoms with van der Waals surface area (Å²) in [7, 11) is 0. The third-order valence-corrected chi connectivity index (χ3v) is 3.38. The molecule has 14 heavy (non-hydrogen) atoms. The van der Waals surface area contributed by atoms with Crippen molar-refractivity contribution in [1.29, 1.82) is 0 Å². The predicted octanol–water partition coefficient (Wildman–Crippen LogP) is 2.92. The lowest BCUT2D eigenvalue weighted by Gasteiger charge is -2.16. The Balaban J connectivity index is 1.87. The number of hydrogen-bond acceptors (Lipinski definition) is 2. The van der Waals surface area contributed by atoms with Crippen molar-refractivity contribution in [3.63, 3.8) is 0 Å². The van der Waals surface area contributed by atoms with Crippen molar-refractivity contribution in [3.8, 4) is 0 Å². The number of hydrogen-bond donors (Lipinski definition) is 1. The molecule has 0 radical (unpaired) electrons. The molecule has 76 valence electrons. The summed E-state index contributed by atoms with van der Waals surface area (Å²) in [4.78, 5) is 0. The lowest BCUT2D eigenvalue weighted by atomic mass is 10.1. The quantitative estimate of drug-likeness (QED) is 0.814. The first-order chi connectivity index (χ1) is 6.74. The third kappa shape index (κ3) is 1.37. The van der Waals surface area contributed by atoms with E-state index in [4.69, 9.17) is 16.0 Å². The van der Waals surface area contributed by atoms with E-state index in [9.17, 15) is 0 Å². The van der Waals surface area contributed by atoms with Crippen LogP contribution in [0.1, 0.15) is 37.1 Å². The maximum Gasteiger partial charge on any atom is 0.193 e. The maximum atomic E-state index is 5.85. The Morgan fingerprint density at radius 1 is 1.50 bits per heavy atom. The average Bonchev–Trinajstić information content (AvgIpc) is 2.81. The number of fused-ring (bicyclic) bond motifs is 1. The number of rotatable bonds is 2. The molecule has 1 saturated carbocycles. The molecule has 2 aliphatic rings. The van der Waals surface area contributed by atoms with E-state index in [0.29, 0.717) is 17.2 Å². The molecule has 2 aliphatic carbocycles. The van der Waals surface area contributed by atoms with E-state index < -0.39 is 0 Å². The highest BCUT2D eigenvalue weighted by molar-refractivity contribution is 6.28. The van der Waals surface area contributed by atoms with Crippen molar-refractivity contribution in [1.82, 2.24) is 5.32 Å². The van der Waals surface area contributed by atoms with E-state index in [2.05, 4.69) is 12.2 Å². The van der Waals surface area contributed by atoms with Crippen LogP contribution in [0.25, 0.3) is 0 Å². The summed E-state index contributed by atoms with van der Waals surface area (Å²) in [5, 5.41) is 4.15. The summed E-state index contributed by atoms with van der Waals surface area (Å²) in [6, 6.07) is 3.07. The first-order valence-corrected chi connectivity index (χ1v) is 5.66. The van der Waals surface area contributed by atoms with E-state index in [1.807, 2.05) is 6.07 Å². The molecule has 0 amide bonds. The predicted molar refractivity (Wildman–Crippen MR) is 55.5 cm³/mol. The first kappa shape index (κ1) is 8.81. The van der Waals surface area contributed by atoms with Gasteiger partial charge in [0.2, 0.25) is 0 Å². The van der Waals surface area contributed by atoms with Crippen molar-refractivity contribution in [2.45, 2.75) is 38.3 Å². The lowest BCUT2D eigenvalue weighted by molar-refractivity contribution is 0.353. The van der Waals surface area contributed by atoms with Crippen LogP contribution in [0.4, 0.5) is 0 Å². The highest BCUT2D eigenvalue weighted by Gasteiger charge is 2.36. The minimum atomic E-state index is 0.394. The van der Waals surface area contributed by atoms with Gasteiger partial charge in [-0.25, -0.2) is 0 Å². The normalized spacial score (nSPS) is 30.7. The Labute approximate surface area is 88.6 Å². The van der Waals surface area contributed by atoms with Gasteiger partial charge >= 0.3 is 0 Å². The van der Waals surface area contributed by atoms with Crippen LogP contribution < -0.4 is 5.32 Å². The van der Waals surface area contributed by atoms with Gasteiger partial charge in [0, 0.05) is 6.04 Å². The Morgan fingerprint density at radius 3 is 3.00 bits per heavy atom. The number of furan rings is 1. The Hall–Kier alpha value is -0.470. The molecule has 0 spiro atoms. The van der Waals surface area contributed by atoms with Crippen LogP contribution in [0.5, 0.6) is 0 Å². The molecule has 0 aromatic carbocycles. The van der Waals surface area contributed by atoms with Gasteiger partial charge in [0.1, 0.15) is 5.76 Å². The van der Waals surface area contributed by atoms with Gasteiger partial charge in [-0.2, -0.15) is 0 Å². The van der Waals surface area contributed by atoms with Gasteiger partial charge in [0.05, 0.1) is 6.04 Å². The summed E-state index contributed by atoms with van der Waals surface area (Å²) in [6.07, 6.45) is 3.72. The topological polar surface area (TPSA) is 25.2 Å². The molecule has 0 aliphatic heterocycles. The summed E-state index contributed by atoms with van der Waals surface area (Å²) < 4.78 is 5.54. The molecule has 0 saturated heterocycles. The largest absolute Gasteiger partial charge is 0.448 e. The van der Waals surface area contributed by atoms with Gasteiger partial charge in [0.25, 0.3) is 0 Å². The fourth-order valence-corrected chi connectivity index (χ4v) is 2.51. The summed E-state index contributed by atoms with van der Waals surface area (Å²) in [5.74, 6) is 1.72. The second kappa shape index (κ2) is 3.01.